The highest BCUT2D eigenvalue weighted by Gasteiger charge is 2.18. The van der Waals surface area contributed by atoms with Crippen molar-refractivity contribution in [2.45, 2.75) is 38.5 Å². The topological polar surface area (TPSA) is 17.1 Å². The molecule has 0 saturated heterocycles. The average Bonchev–Trinajstić information content (AvgIpc) is 2.70. The molecule has 1 fully saturated rings. The van der Waals surface area contributed by atoms with E-state index in [1.807, 2.05) is 24.3 Å². The van der Waals surface area contributed by atoms with Crippen LogP contribution < -0.4 is 0 Å². The normalized spacial score (nSPS) is 16.6. The lowest BCUT2D eigenvalue weighted by Gasteiger charge is -2.07. The van der Waals surface area contributed by atoms with Gasteiger partial charge in [-0.3, -0.25) is 4.79 Å². The molecule has 0 radical (unpaired) electrons. The van der Waals surface area contributed by atoms with Crippen molar-refractivity contribution in [3.63, 3.8) is 0 Å². The van der Waals surface area contributed by atoms with Crippen LogP contribution in [0.25, 0.3) is 0 Å². The monoisotopic (exact) mass is 280 g/mol. The maximum Gasteiger partial charge on any atom is 0.137 e. The molecule has 2 rings (SSSR count). The van der Waals surface area contributed by atoms with Crippen molar-refractivity contribution >= 4 is 21.7 Å². The highest BCUT2D eigenvalue weighted by atomic mass is 79.9. The molecule has 1 saturated carbocycles. The van der Waals surface area contributed by atoms with Gasteiger partial charge in [-0.1, -0.05) is 53.7 Å². The van der Waals surface area contributed by atoms with Crippen LogP contribution in [-0.4, -0.2) is 5.78 Å². The molecule has 86 valence electrons. The Labute approximate surface area is 105 Å². The Kier molecular flexibility index (Phi) is 4.16. The number of ketones is 1. The summed E-state index contributed by atoms with van der Waals surface area (Å²) < 4.78 is 1.05. The highest BCUT2D eigenvalue weighted by Crippen LogP contribution is 2.28. The minimum atomic E-state index is 0.394. The van der Waals surface area contributed by atoms with Crippen LogP contribution >= 0.6 is 15.9 Å². The van der Waals surface area contributed by atoms with Crippen molar-refractivity contribution in [1.29, 1.82) is 0 Å². The molecule has 0 amide bonds. The highest BCUT2D eigenvalue weighted by molar-refractivity contribution is 9.10. The summed E-state index contributed by atoms with van der Waals surface area (Å²) in [5.41, 5.74) is 1.12. The number of halogens is 1. The van der Waals surface area contributed by atoms with Crippen molar-refractivity contribution < 1.29 is 4.79 Å². The molecule has 0 spiro atoms. The van der Waals surface area contributed by atoms with Crippen molar-refractivity contribution in [2.75, 3.05) is 0 Å². The third-order valence-corrected chi connectivity index (χ3v) is 3.77. The number of benzene rings is 1. The van der Waals surface area contributed by atoms with Crippen molar-refractivity contribution in [3.05, 3.63) is 34.3 Å². The van der Waals surface area contributed by atoms with Crippen LogP contribution in [0.1, 0.15) is 37.7 Å². The van der Waals surface area contributed by atoms with Gasteiger partial charge in [0.1, 0.15) is 5.78 Å². The van der Waals surface area contributed by atoms with Crippen LogP contribution in [0.2, 0.25) is 0 Å². The molecule has 0 bridgehead atoms. The molecule has 16 heavy (non-hydrogen) atoms. The van der Waals surface area contributed by atoms with E-state index in [2.05, 4.69) is 15.9 Å². The van der Waals surface area contributed by atoms with Gasteiger partial charge < -0.3 is 0 Å². The van der Waals surface area contributed by atoms with Gasteiger partial charge in [-0.2, -0.15) is 0 Å². The van der Waals surface area contributed by atoms with Crippen molar-refractivity contribution in [1.82, 2.24) is 0 Å². The summed E-state index contributed by atoms with van der Waals surface area (Å²) in [6.07, 6.45) is 6.51. The Hall–Kier alpha value is -0.630. The quantitative estimate of drug-likeness (QED) is 0.810. The molecule has 1 aliphatic rings. The largest absolute Gasteiger partial charge is 0.299 e. The lowest BCUT2D eigenvalue weighted by atomic mass is 9.97. The summed E-state index contributed by atoms with van der Waals surface area (Å²) in [6, 6.07) is 8.04. The fourth-order valence-electron chi connectivity index (χ4n) is 2.48. The number of Topliss-reactive ketones (excluding diaryl/α,β-unsaturated/α-hetero) is 1. The number of carbonyl (C=O) groups excluding carboxylic acids is 1. The fraction of sp³-hybridized carbons (Fsp3) is 0.500. The van der Waals surface area contributed by atoms with Gasteiger partial charge in [0.15, 0.2) is 0 Å². The average molecular weight is 281 g/mol. The van der Waals surface area contributed by atoms with E-state index in [1.165, 1.54) is 25.7 Å². The summed E-state index contributed by atoms with van der Waals surface area (Å²) in [5.74, 6) is 1.06. The van der Waals surface area contributed by atoms with Gasteiger partial charge in [-0.25, -0.2) is 0 Å². The molecule has 0 heterocycles. The number of carbonyl (C=O) groups is 1. The molecular formula is C14H17BrO. The summed E-state index contributed by atoms with van der Waals surface area (Å²) in [5, 5.41) is 0. The Bertz CT molecular complexity index is 367. The number of hydrogen-bond acceptors (Lipinski definition) is 1. The maximum absolute atomic E-state index is 11.9. The van der Waals surface area contributed by atoms with Crippen LogP contribution in [0.5, 0.6) is 0 Å². The van der Waals surface area contributed by atoms with Gasteiger partial charge in [0.25, 0.3) is 0 Å². The zero-order chi connectivity index (χ0) is 11.4. The lowest BCUT2D eigenvalue weighted by Crippen LogP contribution is -2.08. The summed E-state index contributed by atoms with van der Waals surface area (Å²) in [6.45, 7) is 0. The van der Waals surface area contributed by atoms with E-state index in [0.717, 1.165) is 16.5 Å². The first-order valence-corrected chi connectivity index (χ1v) is 6.79. The van der Waals surface area contributed by atoms with E-state index >= 15 is 0 Å². The summed E-state index contributed by atoms with van der Waals surface area (Å²) in [4.78, 5) is 11.9. The summed E-state index contributed by atoms with van der Waals surface area (Å²) in [7, 11) is 0. The lowest BCUT2D eigenvalue weighted by molar-refractivity contribution is -0.119. The zero-order valence-electron chi connectivity index (χ0n) is 9.42. The fourth-order valence-corrected chi connectivity index (χ4v) is 2.93. The van der Waals surface area contributed by atoms with Crippen LogP contribution in [0, 0.1) is 5.92 Å². The minimum Gasteiger partial charge on any atom is -0.299 e. The Balaban J connectivity index is 1.86. The second kappa shape index (κ2) is 5.62. The van der Waals surface area contributed by atoms with Gasteiger partial charge in [0.2, 0.25) is 0 Å². The zero-order valence-corrected chi connectivity index (χ0v) is 11.0. The predicted octanol–water partition coefficient (Wildman–Crippen LogP) is 4.14. The maximum atomic E-state index is 11.9. The van der Waals surface area contributed by atoms with Gasteiger partial charge in [-0.15, -0.1) is 0 Å². The van der Waals surface area contributed by atoms with E-state index in [9.17, 15) is 4.79 Å². The summed E-state index contributed by atoms with van der Waals surface area (Å²) >= 11 is 3.43. The van der Waals surface area contributed by atoms with Gasteiger partial charge in [0, 0.05) is 17.3 Å². The van der Waals surface area contributed by atoms with E-state index in [4.69, 9.17) is 0 Å². The molecular weight excluding hydrogens is 264 g/mol. The molecule has 0 unspecified atom stereocenters. The Morgan fingerprint density at radius 2 is 2.06 bits per heavy atom. The molecule has 0 aromatic heterocycles. The Morgan fingerprint density at radius 3 is 2.75 bits per heavy atom. The van der Waals surface area contributed by atoms with Crippen LogP contribution in [0.4, 0.5) is 0 Å². The predicted molar refractivity (Wildman–Crippen MR) is 69.4 cm³/mol. The van der Waals surface area contributed by atoms with Gasteiger partial charge >= 0.3 is 0 Å². The van der Waals surface area contributed by atoms with Crippen molar-refractivity contribution in [3.8, 4) is 0 Å². The van der Waals surface area contributed by atoms with E-state index < -0.39 is 0 Å². The second-order valence-corrected chi connectivity index (χ2v) is 5.62. The molecule has 1 aromatic rings. The van der Waals surface area contributed by atoms with E-state index in [0.29, 0.717) is 18.1 Å². The molecule has 0 atom stereocenters. The molecule has 2 heteroatoms. The first-order chi connectivity index (χ1) is 7.74. The third kappa shape index (κ3) is 3.44. The van der Waals surface area contributed by atoms with Crippen LogP contribution in [0.15, 0.2) is 28.7 Å². The molecule has 0 aliphatic heterocycles. The van der Waals surface area contributed by atoms with Crippen LogP contribution in [0.3, 0.4) is 0 Å². The molecule has 1 nitrogen and oxygen atoms in total. The smallest absolute Gasteiger partial charge is 0.137 e. The third-order valence-electron chi connectivity index (χ3n) is 3.28. The van der Waals surface area contributed by atoms with Gasteiger partial charge in [-0.05, 0) is 23.6 Å². The first-order valence-electron chi connectivity index (χ1n) is 6.00. The van der Waals surface area contributed by atoms with Crippen LogP contribution in [-0.2, 0) is 11.2 Å². The number of hydrogen-bond donors (Lipinski definition) is 0. The standard InChI is InChI=1S/C14H17BrO/c15-13-7-3-6-12(8-13)10-14(16)9-11-4-1-2-5-11/h3,6-8,11H,1-2,4-5,9-10H2. The Morgan fingerprint density at radius 1 is 1.31 bits per heavy atom. The molecule has 1 aromatic carbocycles. The minimum absolute atomic E-state index is 0.394. The van der Waals surface area contributed by atoms with E-state index in [1.54, 1.807) is 0 Å². The SMILES string of the molecule is O=C(Cc1cccc(Br)c1)CC1CCCC1. The molecule has 1 aliphatic carbocycles. The van der Waals surface area contributed by atoms with E-state index in [-0.39, 0.29) is 0 Å². The second-order valence-electron chi connectivity index (χ2n) is 4.70. The molecule has 0 N–H and O–H groups in total. The number of rotatable bonds is 4. The van der Waals surface area contributed by atoms with Gasteiger partial charge in [0.05, 0.1) is 0 Å². The first kappa shape index (κ1) is 11.8. The van der Waals surface area contributed by atoms with Crippen molar-refractivity contribution in [2.24, 2.45) is 5.92 Å².